The zero-order valence-electron chi connectivity index (χ0n) is 22.2. The number of rotatable bonds is 12. The van der Waals surface area contributed by atoms with Crippen LogP contribution in [0.2, 0.25) is 0 Å². The summed E-state index contributed by atoms with van der Waals surface area (Å²) in [5, 5.41) is 3.97. The molecule has 0 aliphatic carbocycles. The molecule has 10 nitrogen and oxygen atoms in total. The Morgan fingerprint density at radius 1 is 0.974 bits per heavy atom. The van der Waals surface area contributed by atoms with Gasteiger partial charge in [0.25, 0.3) is 5.91 Å². The van der Waals surface area contributed by atoms with Crippen LogP contribution in [0.3, 0.4) is 0 Å². The van der Waals surface area contributed by atoms with Gasteiger partial charge < -0.3 is 18.9 Å². The normalized spacial score (nSPS) is 11.2. The largest absolute Gasteiger partial charge is 0.493 e. The number of methoxy groups -OCH3 is 3. The highest BCUT2D eigenvalue weighted by atomic mass is 79.9. The second-order valence-corrected chi connectivity index (χ2v) is 11.2. The van der Waals surface area contributed by atoms with Gasteiger partial charge >= 0.3 is 0 Å². The number of benzene rings is 3. The van der Waals surface area contributed by atoms with Crippen LogP contribution in [0.15, 0.2) is 64.2 Å². The van der Waals surface area contributed by atoms with Crippen molar-refractivity contribution in [1.82, 2.24) is 5.43 Å². The Bertz CT molecular complexity index is 1440. The summed E-state index contributed by atoms with van der Waals surface area (Å²) in [6.45, 7) is 1.88. The number of carbonyl (C=O) groups excluding carboxylic acids is 1. The van der Waals surface area contributed by atoms with Gasteiger partial charge in [-0.25, -0.2) is 13.8 Å². The van der Waals surface area contributed by atoms with Crippen LogP contribution in [-0.2, 0) is 21.4 Å². The molecule has 39 heavy (non-hydrogen) atoms. The predicted molar refractivity (Wildman–Crippen MR) is 154 cm³/mol. The van der Waals surface area contributed by atoms with E-state index >= 15 is 0 Å². The van der Waals surface area contributed by atoms with Gasteiger partial charge in [0.05, 0.1) is 44.0 Å². The number of aryl methyl sites for hydroxylation is 1. The number of sulfonamides is 1. The number of hydrogen-bond donors (Lipinski definition) is 1. The molecule has 3 aromatic carbocycles. The van der Waals surface area contributed by atoms with E-state index in [0.29, 0.717) is 39.6 Å². The van der Waals surface area contributed by atoms with E-state index in [4.69, 9.17) is 18.9 Å². The van der Waals surface area contributed by atoms with Crippen LogP contribution in [0.25, 0.3) is 0 Å². The molecule has 1 N–H and O–H groups in total. The first-order chi connectivity index (χ1) is 18.5. The molecule has 0 radical (unpaired) electrons. The topological polar surface area (TPSA) is 116 Å². The lowest BCUT2D eigenvalue weighted by Crippen LogP contribution is -2.39. The van der Waals surface area contributed by atoms with Crippen molar-refractivity contribution in [2.45, 2.75) is 13.5 Å². The lowest BCUT2D eigenvalue weighted by atomic mass is 10.2. The van der Waals surface area contributed by atoms with Crippen molar-refractivity contribution in [3.63, 3.8) is 0 Å². The molecule has 1 amide bonds. The summed E-state index contributed by atoms with van der Waals surface area (Å²) in [5.74, 6) is 1.11. The quantitative estimate of drug-likeness (QED) is 0.238. The minimum atomic E-state index is -3.79. The van der Waals surface area contributed by atoms with E-state index in [9.17, 15) is 13.2 Å². The SMILES string of the molecule is COc1ccc(N(CC(=O)N/N=C\c2cc(Br)c(OCc3ccc(C)cc3)c(OC)c2)S(C)(=O)=O)cc1OC. The number of nitrogens with one attached hydrogen (secondary N) is 1. The van der Waals surface area contributed by atoms with Crippen LogP contribution < -0.4 is 28.7 Å². The van der Waals surface area contributed by atoms with E-state index < -0.39 is 22.5 Å². The van der Waals surface area contributed by atoms with E-state index in [1.165, 1.54) is 45.2 Å². The molecule has 0 heterocycles. The molecule has 0 saturated heterocycles. The third kappa shape index (κ3) is 8.11. The Morgan fingerprint density at radius 2 is 1.64 bits per heavy atom. The molecule has 12 heteroatoms. The number of halogens is 1. The van der Waals surface area contributed by atoms with Gasteiger partial charge in [0.2, 0.25) is 10.0 Å². The van der Waals surface area contributed by atoms with Crippen molar-refractivity contribution >= 4 is 43.8 Å². The Balaban J connectivity index is 1.70. The average molecular weight is 621 g/mol. The summed E-state index contributed by atoms with van der Waals surface area (Å²) in [6.07, 6.45) is 2.42. The first-order valence-corrected chi connectivity index (χ1v) is 14.3. The van der Waals surface area contributed by atoms with Gasteiger partial charge in [-0.05, 0) is 58.2 Å². The van der Waals surface area contributed by atoms with Gasteiger partial charge in [0.1, 0.15) is 13.2 Å². The highest BCUT2D eigenvalue weighted by Crippen LogP contribution is 2.37. The van der Waals surface area contributed by atoms with E-state index in [1.54, 1.807) is 18.2 Å². The molecule has 0 saturated carbocycles. The minimum absolute atomic E-state index is 0.240. The summed E-state index contributed by atoms with van der Waals surface area (Å²) in [5.41, 5.74) is 5.39. The first-order valence-electron chi connectivity index (χ1n) is 11.6. The van der Waals surface area contributed by atoms with Gasteiger partial charge in [-0.2, -0.15) is 5.10 Å². The molecule has 0 unspecified atom stereocenters. The van der Waals surface area contributed by atoms with Crippen LogP contribution in [0.4, 0.5) is 5.69 Å². The van der Waals surface area contributed by atoms with Gasteiger partial charge in [0, 0.05) is 6.07 Å². The third-order valence-electron chi connectivity index (χ3n) is 5.50. The first kappa shape index (κ1) is 29.8. The fourth-order valence-corrected chi connectivity index (χ4v) is 4.94. The van der Waals surface area contributed by atoms with Gasteiger partial charge in [-0.3, -0.25) is 9.10 Å². The molecule has 0 aliphatic heterocycles. The highest BCUT2D eigenvalue weighted by Gasteiger charge is 2.22. The second kappa shape index (κ2) is 13.3. The third-order valence-corrected chi connectivity index (χ3v) is 7.23. The van der Waals surface area contributed by atoms with Gasteiger partial charge in [-0.1, -0.05) is 29.8 Å². The average Bonchev–Trinajstić information content (AvgIpc) is 2.90. The molecule has 0 spiro atoms. The molecule has 0 aromatic heterocycles. The van der Waals surface area contributed by atoms with Crippen molar-refractivity contribution in [2.24, 2.45) is 5.10 Å². The van der Waals surface area contributed by atoms with Crippen LogP contribution >= 0.6 is 15.9 Å². The Hall–Kier alpha value is -3.77. The van der Waals surface area contributed by atoms with E-state index in [2.05, 4.69) is 26.5 Å². The standard InChI is InChI=1S/C27H30BrN3O7S/c1-18-6-8-19(9-7-18)17-38-27-22(28)12-20(13-25(27)37-4)15-29-30-26(32)16-31(39(5,33)34)21-10-11-23(35-2)24(14-21)36-3/h6-15H,16-17H2,1-5H3,(H,30,32)/b29-15-. The Labute approximate surface area is 236 Å². The fraction of sp³-hybridized carbons (Fsp3) is 0.259. The van der Waals surface area contributed by atoms with Crippen LogP contribution in [0.1, 0.15) is 16.7 Å². The van der Waals surface area contributed by atoms with Crippen molar-refractivity contribution in [3.8, 4) is 23.0 Å². The Kier molecular flexibility index (Phi) is 10.2. The number of anilines is 1. The molecule has 3 rings (SSSR count). The lowest BCUT2D eigenvalue weighted by molar-refractivity contribution is -0.119. The molecule has 0 fully saturated rings. The summed E-state index contributed by atoms with van der Waals surface area (Å²) in [6, 6.07) is 16.0. The lowest BCUT2D eigenvalue weighted by Gasteiger charge is -2.22. The van der Waals surface area contributed by atoms with E-state index in [-0.39, 0.29) is 5.69 Å². The van der Waals surface area contributed by atoms with Crippen molar-refractivity contribution in [2.75, 3.05) is 38.4 Å². The smallest absolute Gasteiger partial charge is 0.260 e. The number of hydrogen-bond acceptors (Lipinski definition) is 8. The zero-order chi connectivity index (χ0) is 28.6. The van der Waals surface area contributed by atoms with Crippen molar-refractivity contribution < 1.29 is 32.2 Å². The van der Waals surface area contributed by atoms with E-state index in [1.807, 2.05) is 31.2 Å². The second-order valence-electron chi connectivity index (χ2n) is 8.41. The fourth-order valence-electron chi connectivity index (χ4n) is 3.52. The minimum Gasteiger partial charge on any atom is -0.493 e. The number of ether oxygens (including phenoxy) is 4. The van der Waals surface area contributed by atoms with Gasteiger partial charge in [-0.15, -0.1) is 0 Å². The zero-order valence-corrected chi connectivity index (χ0v) is 24.6. The van der Waals surface area contributed by atoms with Gasteiger partial charge in [0.15, 0.2) is 23.0 Å². The molecule has 0 bridgehead atoms. The molecular formula is C27H30BrN3O7S. The summed E-state index contributed by atoms with van der Waals surface area (Å²) < 4.78 is 48.3. The number of carbonyl (C=O) groups is 1. The monoisotopic (exact) mass is 619 g/mol. The number of hydrazone groups is 1. The molecule has 0 atom stereocenters. The maximum atomic E-state index is 12.6. The molecule has 3 aromatic rings. The number of amides is 1. The van der Waals surface area contributed by atoms with Crippen LogP contribution in [0, 0.1) is 6.92 Å². The van der Waals surface area contributed by atoms with Crippen molar-refractivity contribution in [1.29, 1.82) is 0 Å². The van der Waals surface area contributed by atoms with E-state index in [0.717, 1.165) is 16.1 Å². The highest BCUT2D eigenvalue weighted by molar-refractivity contribution is 9.10. The Morgan fingerprint density at radius 3 is 2.26 bits per heavy atom. The molecule has 208 valence electrons. The van der Waals surface area contributed by atoms with Crippen LogP contribution in [-0.4, -0.2) is 54.7 Å². The summed E-state index contributed by atoms with van der Waals surface area (Å²) in [7, 11) is 0.635. The maximum Gasteiger partial charge on any atom is 0.260 e. The maximum absolute atomic E-state index is 12.6. The van der Waals surface area contributed by atoms with Crippen molar-refractivity contribution in [3.05, 3.63) is 75.8 Å². The number of nitrogens with zero attached hydrogens (tertiary/aromatic N) is 2. The molecule has 0 aliphatic rings. The summed E-state index contributed by atoms with van der Waals surface area (Å²) in [4.78, 5) is 12.6. The predicted octanol–water partition coefficient (Wildman–Crippen LogP) is 4.28. The summed E-state index contributed by atoms with van der Waals surface area (Å²) >= 11 is 3.50. The van der Waals surface area contributed by atoms with Crippen LogP contribution in [0.5, 0.6) is 23.0 Å². The molecular weight excluding hydrogens is 590 g/mol.